The van der Waals surface area contributed by atoms with Gasteiger partial charge in [-0.05, 0) is 35.7 Å². The molecule has 0 spiro atoms. The Labute approximate surface area is 142 Å². The minimum absolute atomic E-state index is 0.732. The van der Waals surface area contributed by atoms with Gasteiger partial charge in [-0.1, -0.05) is 60.7 Å². The zero-order valence-corrected chi connectivity index (χ0v) is 13.3. The van der Waals surface area contributed by atoms with Crippen LogP contribution in [0.4, 0.5) is 11.4 Å². The van der Waals surface area contributed by atoms with E-state index in [4.69, 9.17) is 0 Å². The summed E-state index contributed by atoms with van der Waals surface area (Å²) in [6.45, 7) is 0.732. The first kappa shape index (κ1) is 14.5. The first-order valence-electron chi connectivity index (χ1n) is 8.12. The number of rotatable bonds is 4. The van der Waals surface area contributed by atoms with Crippen molar-refractivity contribution in [3.05, 3.63) is 103 Å². The summed E-state index contributed by atoms with van der Waals surface area (Å²) < 4.78 is 0. The third-order valence-corrected chi connectivity index (χ3v) is 4.20. The molecule has 0 saturated heterocycles. The second-order valence-electron chi connectivity index (χ2n) is 5.74. The van der Waals surface area contributed by atoms with E-state index in [0.717, 1.165) is 12.2 Å². The van der Waals surface area contributed by atoms with E-state index in [1.165, 1.54) is 22.1 Å². The third-order valence-electron chi connectivity index (χ3n) is 4.20. The number of anilines is 2. The summed E-state index contributed by atoms with van der Waals surface area (Å²) in [4.78, 5) is 6.96. The quantitative estimate of drug-likeness (QED) is 0.489. The Hall–Kier alpha value is -3.13. The summed E-state index contributed by atoms with van der Waals surface area (Å²) in [7, 11) is 0. The maximum atomic E-state index is 4.66. The van der Waals surface area contributed by atoms with Crippen molar-refractivity contribution >= 4 is 22.1 Å². The van der Waals surface area contributed by atoms with Crippen molar-refractivity contribution in [2.45, 2.75) is 6.54 Å². The van der Waals surface area contributed by atoms with Crippen LogP contribution < -0.4 is 4.90 Å². The SMILES string of the molecule is c1ccc(N(Cc2nccc3ccccc23)c2ccccc2)cc1. The van der Waals surface area contributed by atoms with Gasteiger partial charge in [-0.25, -0.2) is 0 Å². The molecule has 0 bridgehead atoms. The molecular weight excluding hydrogens is 292 g/mol. The van der Waals surface area contributed by atoms with Crippen LogP contribution in [-0.2, 0) is 6.54 Å². The largest absolute Gasteiger partial charge is 0.335 e. The summed E-state index contributed by atoms with van der Waals surface area (Å²) in [6.07, 6.45) is 1.89. The van der Waals surface area contributed by atoms with E-state index in [1.54, 1.807) is 0 Å². The van der Waals surface area contributed by atoms with Crippen molar-refractivity contribution in [2.24, 2.45) is 0 Å². The Kier molecular flexibility index (Phi) is 3.95. The van der Waals surface area contributed by atoms with E-state index in [1.807, 2.05) is 18.3 Å². The fraction of sp³-hybridized carbons (Fsp3) is 0.0455. The first-order valence-corrected chi connectivity index (χ1v) is 8.12. The summed E-state index contributed by atoms with van der Waals surface area (Å²) >= 11 is 0. The van der Waals surface area contributed by atoms with Gasteiger partial charge in [0.05, 0.1) is 12.2 Å². The average Bonchev–Trinajstić information content (AvgIpc) is 2.67. The topological polar surface area (TPSA) is 16.1 Å². The smallest absolute Gasteiger partial charge is 0.0679 e. The minimum Gasteiger partial charge on any atom is -0.335 e. The number of aromatic nitrogens is 1. The fourth-order valence-corrected chi connectivity index (χ4v) is 3.01. The lowest BCUT2D eigenvalue weighted by Crippen LogP contribution is -2.17. The van der Waals surface area contributed by atoms with Gasteiger partial charge in [0.25, 0.3) is 0 Å². The Morgan fingerprint density at radius 2 is 1.21 bits per heavy atom. The number of para-hydroxylation sites is 2. The number of fused-ring (bicyclic) bond motifs is 1. The zero-order chi connectivity index (χ0) is 16.2. The highest BCUT2D eigenvalue weighted by Gasteiger charge is 2.12. The van der Waals surface area contributed by atoms with Crippen molar-refractivity contribution in [1.82, 2.24) is 4.98 Å². The number of pyridine rings is 1. The molecule has 4 rings (SSSR count). The van der Waals surface area contributed by atoms with Gasteiger partial charge in [0.2, 0.25) is 0 Å². The van der Waals surface area contributed by atoms with Gasteiger partial charge in [-0.15, -0.1) is 0 Å². The summed E-state index contributed by atoms with van der Waals surface area (Å²) in [5.74, 6) is 0. The highest BCUT2D eigenvalue weighted by molar-refractivity contribution is 5.84. The van der Waals surface area contributed by atoms with E-state index in [2.05, 4.69) is 88.7 Å². The second kappa shape index (κ2) is 6.55. The van der Waals surface area contributed by atoms with E-state index >= 15 is 0 Å². The second-order valence-corrected chi connectivity index (χ2v) is 5.74. The average molecular weight is 310 g/mol. The standard InChI is InChI=1S/C22H18N2/c1-3-10-19(11-4-1)24(20-12-5-2-6-13-20)17-22-21-14-8-7-9-18(21)15-16-23-22/h1-16H,17H2. The van der Waals surface area contributed by atoms with Crippen molar-refractivity contribution in [2.75, 3.05) is 4.90 Å². The molecular formula is C22H18N2. The van der Waals surface area contributed by atoms with Crippen molar-refractivity contribution in [3.8, 4) is 0 Å². The van der Waals surface area contributed by atoms with Crippen LogP contribution in [0.3, 0.4) is 0 Å². The van der Waals surface area contributed by atoms with Crippen LogP contribution in [0.1, 0.15) is 5.69 Å². The predicted octanol–water partition coefficient (Wildman–Crippen LogP) is 5.57. The Morgan fingerprint density at radius 3 is 1.88 bits per heavy atom. The van der Waals surface area contributed by atoms with E-state index in [0.29, 0.717) is 0 Å². The van der Waals surface area contributed by atoms with Crippen LogP contribution in [0.2, 0.25) is 0 Å². The molecule has 1 aromatic heterocycles. The van der Waals surface area contributed by atoms with Gasteiger partial charge in [0.15, 0.2) is 0 Å². The molecule has 3 aromatic carbocycles. The van der Waals surface area contributed by atoms with Crippen LogP contribution in [0.5, 0.6) is 0 Å². The highest BCUT2D eigenvalue weighted by Crippen LogP contribution is 2.28. The molecule has 2 heteroatoms. The van der Waals surface area contributed by atoms with Crippen LogP contribution in [0.15, 0.2) is 97.2 Å². The lowest BCUT2D eigenvalue weighted by atomic mass is 10.1. The van der Waals surface area contributed by atoms with E-state index in [-0.39, 0.29) is 0 Å². The number of hydrogen-bond donors (Lipinski definition) is 0. The normalized spacial score (nSPS) is 10.7. The maximum absolute atomic E-state index is 4.66. The molecule has 24 heavy (non-hydrogen) atoms. The molecule has 0 aliphatic carbocycles. The van der Waals surface area contributed by atoms with Crippen LogP contribution >= 0.6 is 0 Å². The minimum atomic E-state index is 0.732. The number of nitrogens with zero attached hydrogens (tertiary/aromatic N) is 2. The summed E-state index contributed by atoms with van der Waals surface area (Å²) in [5.41, 5.74) is 3.41. The van der Waals surface area contributed by atoms with Crippen molar-refractivity contribution in [3.63, 3.8) is 0 Å². The molecule has 2 nitrogen and oxygen atoms in total. The van der Waals surface area contributed by atoms with E-state index < -0.39 is 0 Å². The molecule has 1 heterocycles. The Balaban J connectivity index is 1.80. The Morgan fingerprint density at radius 1 is 0.625 bits per heavy atom. The molecule has 0 aliphatic heterocycles. The molecule has 0 amide bonds. The van der Waals surface area contributed by atoms with Gasteiger partial charge in [-0.3, -0.25) is 4.98 Å². The van der Waals surface area contributed by atoms with E-state index in [9.17, 15) is 0 Å². The molecule has 0 saturated carbocycles. The first-order chi connectivity index (χ1) is 11.9. The molecule has 0 radical (unpaired) electrons. The molecule has 0 fully saturated rings. The van der Waals surface area contributed by atoms with Crippen molar-refractivity contribution in [1.29, 1.82) is 0 Å². The molecule has 0 N–H and O–H groups in total. The van der Waals surface area contributed by atoms with Crippen LogP contribution in [-0.4, -0.2) is 4.98 Å². The number of benzene rings is 3. The maximum Gasteiger partial charge on any atom is 0.0679 e. The molecule has 4 aromatic rings. The van der Waals surface area contributed by atoms with Gasteiger partial charge in [0.1, 0.15) is 0 Å². The summed E-state index contributed by atoms with van der Waals surface area (Å²) in [5, 5.41) is 2.43. The third kappa shape index (κ3) is 2.86. The monoisotopic (exact) mass is 310 g/mol. The Bertz CT molecular complexity index is 889. The van der Waals surface area contributed by atoms with Crippen LogP contribution in [0, 0.1) is 0 Å². The predicted molar refractivity (Wildman–Crippen MR) is 100 cm³/mol. The van der Waals surface area contributed by atoms with Crippen molar-refractivity contribution < 1.29 is 0 Å². The highest BCUT2D eigenvalue weighted by atomic mass is 15.1. The molecule has 0 atom stereocenters. The fourth-order valence-electron chi connectivity index (χ4n) is 3.01. The zero-order valence-electron chi connectivity index (χ0n) is 13.3. The van der Waals surface area contributed by atoms with Gasteiger partial charge in [-0.2, -0.15) is 0 Å². The van der Waals surface area contributed by atoms with Gasteiger partial charge < -0.3 is 4.90 Å². The van der Waals surface area contributed by atoms with Gasteiger partial charge in [0, 0.05) is 23.0 Å². The lowest BCUT2D eigenvalue weighted by Gasteiger charge is -2.25. The number of hydrogen-bond acceptors (Lipinski definition) is 2. The van der Waals surface area contributed by atoms with Crippen LogP contribution in [0.25, 0.3) is 10.8 Å². The molecule has 0 aliphatic rings. The summed E-state index contributed by atoms with van der Waals surface area (Å²) in [6, 6.07) is 31.4. The molecule has 116 valence electrons. The molecule has 0 unspecified atom stereocenters. The van der Waals surface area contributed by atoms with Gasteiger partial charge >= 0.3 is 0 Å². The lowest BCUT2D eigenvalue weighted by molar-refractivity contribution is 0.939.